The Hall–Kier alpha value is -3.15. The molecule has 0 aliphatic carbocycles. The lowest BCUT2D eigenvalue weighted by Crippen LogP contribution is -2.15. The van der Waals surface area contributed by atoms with Gasteiger partial charge in [-0.3, -0.25) is 20.0 Å². The van der Waals surface area contributed by atoms with Crippen LogP contribution < -0.4 is 10.6 Å². The van der Waals surface area contributed by atoms with Gasteiger partial charge in [0.1, 0.15) is 0 Å². The van der Waals surface area contributed by atoms with E-state index in [4.69, 9.17) is 4.42 Å². The Balaban J connectivity index is 1.70. The van der Waals surface area contributed by atoms with Crippen LogP contribution in [-0.4, -0.2) is 27.0 Å². The number of halogens is 4. The molecular formula is C15H9BrF3N5O3. The average Bonchev–Trinajstić information content (AvgIpc) is 3.24. The molecule has 0 unspecified atom stereocenters. The highest BCUT2D eigenvalue weighted by Crippen LogP contribution is 2.26. The predicted molar refractivity (Wildman–Crippen MR) is 90.1 cm³/mol. The van der Waals surface area contributed by atoms with Gasteiger partial charge in [-0.2, -0.15) is 18.2 Å². The monoisotopic (exact) mass is 443 g/mol. The molecule has 140 valence electrons. The molecule has 0 fully saturated rings. The number of furan rings is 1. The second-order valence-electron chi connectivity index (χ2n) is 5.10. The van der Waals surface area contributed by atoms with Gasteiger partial charge in [0, 0.05) is 11.3 Å². The summed E-state index contributed by atoms with van der Waals surface area (Å²) in [5.74, 6) is -3.09. The Bertz CT molecular complexity index is 999. The molecule has 0 spiro atoms. The molecule has 0 aliphatic heterocycles. The number of aromatic nitrogens is 3. The quantitative estimate of drug-likeness (QED) is 0.569. The molecule has 8 nitrogen and oxygen atoms in total. The molecular weight excluding hydrogens is 435 g/mol. The highest BCUT2D eigenvalue weighted by Gasteiger charge is 2.35. The van der Waals surface area contributed by atoms with Crippen molar-refractivity contribution in [2.75, 3.05) is 10.6 Å². The summed E-state index contributed by atoms with van der Waals surface area (Å²) in [7, 11) is 0. The first-order valence-electron chi connectivity index (χ1n) is 7.20. The number of hydrogen-bond donors (Lipinski definition) is 3. The zero-order valence-corrected chi connectivity index (χ0v) is 14.7. The van der Waals surface area contributed by atoms with E-state index in [0.717, 1.165) is 0 Å². The van der Waals surface area contributed by atoms with Crippen LogP contribution in [0.5, 0.6) is 0 Å². The highest BCUT2D eigenvalue weighted by molar-refractivity contribution is 9.10. The first kappa shape index (κ1) is 18.6. The van der Waals surface area contributed by atoms with E-state index in [1.165, 1.54) is 30.3 Å². The standard InChI is InChI=1S/C15H9BrF3N5O3/c16-10-5-4-9(27-10)12(26)20-8-3-1-2-7(6-8)11(25)21-14-22-13(23-24-14)15(17,18)19/h1-6H,(H,20,26)(H2,21,22,23,24,25). The summed E-state index contributed by atoms with van der Waals surface area (Å²) in [5.41, 5.74) is 0.359. The van der Waals surface area contributed by atoms with Gasteiger partial charge < -0.3 is 9.73 Å². The van der Waals surface area contributed by atoms with Gasteiger partial charge in [0.25, 0.3) is 11.8 Å². The molecule has 0 aliphatic rings. The maximum Gasteiger partial charge on any atom is 0.451 e. The number of amides is 2. The average molecular weight is 444 g/mol. The molecule has 0 atom stereocenters. The van der Waals surface area contributed by atoms with Crippen molar-refractivity contribution in [2.24, 2.45) is 0 Å². The zero-order valence-electron chi connectivity index (χ0n) is 13.1. The maximum absolute atomic E-state index is 12.5. The predicted octanol–water partition coefficient (Wildman–Crippen LogP) is 3.68. The van der Waals surface area contributed by atoms with Crippen molar-refractivity contribution in [3.8, 4) is 0 Å². The second kappa shape index (κ2) is 7.23. The third-order valence-corrected chi connectivity index (χ3v) is 3.59. The third kappa shape index (κ3) is 4.53. The SMILES string of the molecule is O=C(Nc1n[nH]c(C(F)(F)F)n1)c1cccc(NC(=O)c2ccc(Br)o2)c1. The molecule has 0 bridgehead atoms. The number of H-pyrrole nitrogens is 1. The third-order valence-electron chi connectivity index (χ3n) is 3.16. The first-order valence-corrected chi connectivity index (χ1v) is 7.99. The Morgan fingerprint density at radius 2 is 1.89 bits per heavy atom. The molecule has 2 aromatic heterocycles. The summed E-state index contributed by atoms with van der Waals surface area (Å²) in [5, 5.41) is 9.65. The van der Waals surface area contributed by atoms with E-state index in [2.05, 4.69) is 36.6 Å². The van der Waals surface area contributed by atoms with E-state index in [1.807, 2.05) is 0 Å². The summed E-state index contributed by atoms with van der Waals surface area (Å²) >= 11 is 3.08. The summed E-state index contributed by atoms with van der Waals surface area (Å²) in [4.78, 5) is 27.3. The van der Waals surface area contributed by atoms with Gasteiger partial charge in [0.2, 0.25) is 11.8 Å². The van der Waals surface area contributed by atoms with Crippen molar-refractivity contribution in [3.05, 3.63) is 58.2 Å². The number of aromatic amines is 1. The number of carbonyl (C=O) groups excluding carboxylic acids is 2. The molecule has 1 aromatic carbocycles. The van der Waals surface area contributed by atoms with Crippen molar-refractivity contribution >= 4 is 39.4 Å². The van der Waals surface area contributed by atoms with Gasteiger partial charge in [0.15, 0.2) is 10.4 Å². The smallest absolute Gasteiger partial charge is 0.444 e. The fourth-order valence-electron chi connectivity index (χ4n) is 1.99. The summed E-state index contributed by atoms with van der Waals surface area (Å²) in [6.45, 7) is 0. The van der Waals surface area contributed by atoms with Crippen LogP contribution in [0, 0.1) is 0 Å². The van der Waals surface area contributed by atoms with Crippen molar-refractivity contribution in [3.63, 3.8) is 0 Å². The van der Waals surface area contributed by atoms with E-state index < -0.39 is 29.8 Å². The van der Waals surface area contributed by atoms with Crippen LogP contribution in [0.1, 0.15) is 26.7 Å². The lowest BCUT2D eigenvalue weighted by Gasteiger charge is -2.06. The molecule has 3 N–H and O–H groups in total. The largest absolute Gasteiger partial charge is 0.451 e. The zero-order chi connectivity index (χ0) is 19.6. The number of hydrogen-bond acceptors (Lipinski definition) is 5. The highest BCUT2D eigenvalue weighted by atomic mass is 79.9. The van der Waals surface area contributed by atoms with Gasteiger partial charge in [-0.1, -0.05) is 6.07 Å². The van der Waals surface area contributed by atoms with Gasteiger partial charge in [0.05, 0.1) is 0 Å². The Morgan fingerprint density at radius 1 is 1.11 bits per heavy atom. The minimum absolute atomic E-state index is 0.0529. The maximum atomic E-state index is 12.5. The molecule has 27 heavy (non-hydrogen) atoms. The molecule has 12 heteroatoms. The van der Waals surface area contributed by atoms with Crippen LogP contribution in [-0.2, 0) is 6.18 Å². The number of carbonyl (C=O) groups is 2. The van der Waals surface area contributed by atoms with Gasteiger partial charge >= 0.3 is 6.18 Å². The molecule has 2 amide bonds. The van der Waals surface area contributed by atoms with E-state index >= 15 is 0 Å². The first-order chi connectivity index (χ1) is 12.7. The molecule has 2 heterocycles. The summed E-state index contributed by atoms with van der Waals surface area (Å²) < 4.78 is 42.9. The van der Waals surface area contributed by atoms with E-state index in [1.54, 1.807) is 11.2 Å². The van der Waals surface area contributed by atoms with Crippen LogP contribution in [0.3, 0.4) is 0 Å². The van der Waals surface area contributed by atoms with Crippen LogP contribution in [0.25, 0.3) is 0 Å². The molecule has 0 saturated carbocycles. The number of nitrogens with one attached hydrogen (secondary N) is 3. The summed E-state index contributed by atoms with van der Waals surface area (Å²) in [6, 6.07) is 8.76. The number of benzene rings is 1. The second-order valence-corrected chi connectivity index (χ2v) is 5.88. The van der Waals surface area contributed by atoms with Crippen LogP contribution in [0.15, 0.2) is 45.5 Å². The topological polar surface area (TPSA) is 113 Å². The lowest BCUT2D eigenvalue weighted by molar-refractivity contribution is -0.144. The number of rotatable bonds is 4. The molecule has 0 saturated heterocycles. The van der Waals surface area contributed by atoms with Crippen LogP contribution >= 0.6 is 15.9 Å². The fourth-order valence-corrected chi connectivity index (χ4v) is 2.29. The van der Waals surface area contributed by atoms with Crippen molar-refractivity contribution in [1.29, 1.82) is 0 Å². The minimum atomic E-state index is -4.71. The van der Waals surface area contributed by atoms with Crippen LogP contribution in [0.4, 0.5) is 24.8 Å². The Kier molecular flexibility index (Phi) is 4.99. The van der Waals surface area contributed by atoms with Gasteiger partial charge in [-0.25, -0.2) is 0 Å². The Labute approximate surface area is 157 Å². The lowest BCUT2D eigenvalue weighted by atomic mass is 10.2. The molecule has 0 radical (unpaired) electrons. The van der Waals surface area contributed by atoms with Crippen molar-refractivity contribution in [1.82, 2.24) is 15.2 Å². The van der Waals surface area contributed by atoms with E-state index in [9.17, 15) is 22.8 Å². The van der Waals surface area contributed by atoms with Crippen LogP contribution in [0.2, 0.25) is 0 Å². The molecule has 3 rings (SSSR count). The summed E-state index contributed by atoms with van der Waals surface area (Å²) in [6.07, 6.45) is -4.71. The normalized spacial score (nSPS) is 11.3. The fraction of sp³-hybridized carbons (Fsp3) is 0.0667. The van der Waals surface area contributed by atoms with E-state index in [0.29, 0.717) is 4.67 Å². The van der Waals surface area contributed by atoms with Gasteiger partial charge in [-0.05, 0) is 46.3 Å². The van der Waals surface area contributed by atoms with Crippen molar-refractivity contribution in [2.45, 2.75) is 6.18 Å². The minimum Gasteiger partial charge on any atom is -0.444 e. The van der Waals surface area contributed by atoms with Gasteiger partial charge in [-0.15, -0.1) is 5.10 Å². The number of alkyl halides is 3. The molecule has 3 aromatic rings. The number of anilines is 2. The Morgan fingerprint density at radius 3 is 2.52 bits per heavy atom. The number of nitrogens with zero attached hydrogens (tertiary/aromatic N) is 2. The van der Waals surface area contributed by atoms with E-state index in [-0.39, 0.29) is 17.0 Å². The van der Waals surface area contributed by atoms with Crippen molar-refractivity contribution < 1.29 is 27.2 Å².